The first kappa shape index (κ1) is 19.0. The SMILES string of the molecule is CC(NC1CCCCC1)C(=O)NCCCc1ccccc1.Cl. The molecule has 4 heteroatoms. The van der Waals surface area contributed by atoms with Crippen LogP contribution in [0.2, 0.25) is 0 Å². The third-order valence-electron chi connectivity index (χ3n) is 4.27. The normalized spacial score (nSPS) is 16.6. The number of aryl methyl sites for hydroxylation is 1. The summed E-state index contributed by atoms with van der Waals surface area (Å²) in [6.45, 7) is 2.73. The largest absolute Gasteiger partial charge is 0.355 e. The summed E-state index contributed by atoms with van der Waals surface area (Å²) >= 11 is 0. The Morgan fingerprint density at radius 3 is 2.55 bits per heavy atom. The van der Waals surface area contributed by atoms with Crippen molar-refractivity contribution in [2.75, 3.05) is 6.54 Å². The highest BCUT2D eigenvalue weighted by atomic mass is 35.5. The van der Waals surface area contributed by atoms with Gasteiger partial charge in [-0.15, -0.1) is 12.4 Å². The summed E-state index contributed by atoms with van der Waals surface area (Å²) in [4.78, 5) is 12.1. The summed E-state index contributed by atoms with van der Waals surface area (Å²) in [5, 5.41) is 6.51. The van der Waals surface area contributed by atoms with E-state index >= 15 is 0 Å². The van der Waals surface area contributed by atoms with Gasteiger partial charge < -0.3 is 10.6 Å². The molecule has 0 aliphatic heterocycles. The molecule has 0 spiro atoms. The molecule has 1 aromatic rings. The van der Waals surface area contributed by atoms with Crippen molar-refractivity contribution in [2.45, 2.75) is 64.0 Å². The monoisotopic (exact) mass is 324 g/mol. The number of rotatable bonds is 7. The number of amides is 1. The van der Waals surface area contributed by atoms with E-state index in [1.807, 2.05) is 13.0 Å². The molecular weight excluding hydrogens is 296 g/mol. The van der Waals surface area contributed by atoms with E-state index in [4.69, 9.17) is 0 Å². The number of halogens is 1. The highest BCUT2D eigenvalue weighted by molar-refractivity contribution is 5.85. The van der Waals surface area contributed by atoms with Crippen LogP contribution in [0.5, 0.6) is 0 Å². The van der Waals surface area contributed by atoms with E-state index in [1.165, 1.54) is 37.7 Å². The van der Waals surface area contributed by atoms with Crippen molar-refractivity contribution in [2.24, 2.45) is 0 Å². The van der Waals surface area contributed by atoms with Crippen molar-refractivity contribution in [1.82, 2.24) is 10.6 Å². The summed E-state index contributed by atoms with van der Waals surface area (Å²) < 4.78 is 0. The third kappa shape index (κ3) is 6.80. The van der Waals surface area contributed by atoms with E-state index in [9.17, 15) is 4.79 Å². The molecule has 2 N–H and O–H groups in total. The number of carbonyl (C=O) groups is 1. The molecule has 1 amide bonds. The molecule has 3 nitrogen and oxygen atoms in total. The molecule has 1 atom stereocenters. The van der Waals surface area contributed by atoms with Crippen LogP contribution in [0.1, 0.15) is 51.0 Å². The van der Waals surface area contributed by atoms with E-state index in [0.717, 1.165) is 19.4 Å². The van der Waals surface area contributed by atoms with Gasteiger partial charge in [0.15, 0.2) is 0 Å². The fourth-order valence-electron chi connectivity index (χ4n) is 3.00. The van der Waals surface area contributed by atoms with E-state index in [-0.39, 0.29) is 24.4 Å². The molecule has 0 saturated heterocycles. The summed E-state index contributed by atoms with van der Waals surface area (Å²) in [6, 6.07) is 10.9. The molecule has 22 heavy (non-hydrogen) atoms. The van der Waals surface area contributed by atoms with Gasteiger partial charge in [0.1, 0.15) is 0 Å². The third-order valence-corrected chi connectivity index (χ3v) is 4.27. The van der Waals surface area contributed by atoms with Crippen molar-refractivity contribution in [3.05, 3.63) is 35.9 Å². The van der Waals surface area contributed by atoms with Crippen LogP contribution in [0.25, 0.3) is 0 Å². The highest BCUT2D eigenvalue weighted by Crippen LogP contribution is 2.17. The molecule has 0 radical (unpaired) electrons. The van der Waals surface area contributed by atoms with Crippen LogP contribution in [-0.2, 0) is 11.2 Å². The topological polar surface area (TPSA) is 41.1 Å². The van der Waals surface area contributed by atoms with Crippen LogP contribution in [0.3, 0.4) is 0 Å². The Labute approximate surface area is 140 Å². The fourth-order valence-corrected chi connectivity index (χ4v) is 3.00. The lowest BCUT2D eigenvalue weighted by Crippen LogP contribution is -2.47. The van der Waals surface area contributed by atoms with Crippen molar-refractivity contribution in [1.29, 1.82) is 0 Å². The number of carbonyl (C=O) groups excluding carboxylic acids is 1. The molecule has 124 valence electrons. The van der Waals surface area contributed by atoms with Gasteiger partial charge in [0.25, 0.3) is 0 Å². The zero-order valence-electron chi connectivity index (χ0n) is 13.5. The van der Waals surface area contributed by atoms with Crippen LogP contribution >= 0.6 is 12.4 Å². The molecule has 1 aliphatic carbocycles. The maximum absolute atomic E-state index is 12.1. The van der Waals surface area contributed by atoms with Gasteiger partial charge in [0.05, 0.1) is 6.04 Å². The molecule has 0 bridgehead atoms. The number of hydrogen-bond donors (Lipinski definition) is 2. The first-order valence-corrected chi connectivity index (χ1v) is 8.33. The van der Waals surface area contributed by atoms with E-state index in [0.29, 0.717) is 6.04 Å². The molecule has 1 unspecified atom stereocenters. The Bertz CT molecular complexity index is 418. The average Bonchev–Trinajstić information content (AvgIpc) is 2.53. The van der Waals surface area contributed by atoms with Gasteiger partial charge in [-0.3, -0.25) is 4.79 Å². The van der Waals surface area contributed by atoms with Crippen molar-refractivity contribution < 1.29 is 4.79 Å². The average molecular weight is 325 g/mol. The lowest BCUT2D eigenvalue weighted by atomic mass is 9.95. The Hall–Kier alpha value is -1.06. The first-order chi connectivity index (χ1) is 10.3. The quantitative estimate of drug-likeness (QED) is 0.754. The minimum absolute atomic E-state index is 0. The zero-order valence-corrected chi connectivity index (χ0v) is 14.3. The lowest BCUT2D eigenvalue weighted by Gasteiger charge is -2.26. The second kappa shape index (κ2) is 10.6. The molecule has 1 aromatic carbocycles. The molecule has 1 aliphatic rings. The van der Waals surface area contributed by atoms with Crippen LogP contribution in [0, 0.1) is 0 Å². The number of nitrogens with one attached hydrogen (secondary N) is 2. The van der Waals surface area contributed by atoms with Crippen molar-refractivity contribution in [3.8, 4) is 0 Å². The second-order valence-corrected chi connectivity index (χ2v) is 6.10. The number of benzene rings is 1. The maximum atomic E-state index is 12.1. The standard InChI is InChI=1S/C18H28N2O.ClH/c1-15(20-17-12-6-3-7-13-17)18(21)19-14-8-11-16-9-4-2-5-10-16;/h2,4-5,9-10,15,17,20H,3,6-8,11-14H2,1H3,(H,19,21);1H. The molecule has 0 heterocycles. The molecule has 1 saturated carbocycles. The lowest BCUT2D eigenvalue weighted by molar-refractivity contribution is -0.123. The van der Waals surface area contributed by atoms with Gasteiger partial charge in [-0.1, -0.05) is 49.6 Å². The van der Waals surface area contributed by atoms with Gasteiger partial charge >= 0.3 is 0 Å². The molecule has 1 fully saturated rings. The predicted octanol–water partition coefficient (Wildman–Crippen LogP) is 3.47. The fraction of sp³-hybridized carbons (Fsp3) is 0.611. The highest BCUT2D eigenvalue weighted by Gasteiger charge is 2.19. The smallest absolute Gasteiger partial charge is 0.236 e. The Balaban J connectivity index is 0.00000242. The van der Waals surface area contributed by atoms with E-state index < -0.39 is 0 Å². The van der Waals surface area contributed by atoms with Crippen LogP contribution in [0.15, 0.2) is 30.3 Å². The summed E-state index contributed by atoms with van der Waals surface area (Å²) in [7, 11) is 0. The van der Waals surface area contributed by atoms with Crippen molar-refractivity contribution >= 4 is 18.3 Å². The molecule has 0 aromatic heterocycles. The van der Waals surface area contributed by atoms with Gasteiger partial charge in [-0.2, -0.15) is 0 Å². The van der Waals surface area contributed by atoms with Gasteiger partial charge in [0.2, 0.25) is 5.91 Å². The summed E-state index contributed by atoms with van der Waals surface area (Å²) in [6.07, 6.45) is 8.37. The van der Waals surface area contributed by atoms with Gasteiger partial charge in [-0.05, 0) is 38.2 Å². The van der Waals surface area contributed by atoms with Crippen LogP contribution in [-0.4, -0.2) is 24.5 Å². The predicted molar refractivity (Wildman–Crippen MR) is 94.5 cm³/mol. The molecular formula is C18H29ClN2O. The van der Waals surface area contributed by atoms with Gasteiger partial charge in [-0.25, -0.2) is 0 Å². The zero-order chi connectivity index (χ0) is 14.9. The summed E-state index contributed by atoms with van der Waals surface area (Å²) in [5.41, 5.74) is 1.33. The second-order valence-electron chi connectivity index (χ2n) is 6.10. The minimum Gasteiger partial charge on any atom is -0.355 e. The number of hydrogen-bond acceptors (Lipinski definition) is 2. The molecule has 2 rings (SSSR count). The minimum atomic E-state index is -0.0789. The van der Waals surface area contributed by atoms with E-state index in [2.05, 4.69) is 34.9 Å². The van der Waals surface area contributed by atoms with E-state index in [1.54, 1.807) is 0 Å². The van der Waals surface area contributed by atoms with Crippen LogP contribution in [0.4, 0.5) is 0 Å². The Morgan fingerprint density at radius 1 is 1.18 bits per heavy atom. The van der Waals surface area contributed by atoms with Gasteiger partial charge in [0, 0.05) is 12.6 Å². The maximum Gasteiger partial charge on any atom is 0.236 e. The van der Waals surface area contributed by atoms with Crippen LogP contribution < -0.4 is 10.6 Å². The Kier molecular flexibility index (Phi) is 9.17. The van der Waals surface area contributed by atoms with Crippen molar-refractivity contribution in [3.63, 3.8) is 0 Å². The first-order valence-electron chi connectivity index (χ1n) is 8.33. The summed E-state index contributed by atoms with van der Waals surface area (Å²) in [5.74, 6) is 0.133. The Morgan fingerprint density at radius 2 is 1.86 bits per heavy atom.